The third-order valence-corrected chi connectivity index (χ3v) is 9.29. The molecule has 1 aromatic heterocycles. The van der Waals surface area contributed by atoms with Crippen molar-refractivity contribution in [2.75, 3.05) is 13.1 Å². The highest BCUT2D eigenvalue weighted by molar-refractivity contribution is 8.04. The summed E-state index contributed by atoms with van der Waals surface area (Å²) < 4.78 is 32.8. The molecule has 2 aliphatic rings. The molecular weight excluding hydrogens is 572 g/mol. The van der Waals surface area contributed by atoms with E-state index in [1.165, 1.54) is 23.2 Å². The van der Waals surface area contributed by atoms with Gasteiger partial charge in [-0.15, -0.1) is 0 Å². The average molecular weight is 605 g/mol. The molecular formula is C31H32N4O7S. The van der Waals surface area contributed by atoms with Crippen molar-refractivity contribution < 1.29 is 32.3 Å². The molecule has 11 nitrogen and oxygen atoms in total. The van der Waals surface area contributed by atoms with Crippen LogP contribution in [0.25, 0.3) is 11.1 Å². The fourth-order valence-corrected chi connectivity index (χ4v) is 7.10. The minimum absolute atomic E-state index is 0.00562. The monoisotopic (exact) mass is 604 g/mol. The van der Waals surface area contributed by atoms with Gasteiger partial charge in [0.2, 0.25) is 5.91 Å². The molecule has 0 spiro atoms. The summed E-state index contributed by atoms with van der Waals surface area (Å²) in [5.41, 5.74) is 1.85. The number of aromatic nitrogens is 1. The molecule has 3 atom stereocenters. The third-order valence-electron chi connectivity index (χ3n) is 7.57. The fraction of sp³-hybridized carbons (Fsp3) is 0.323. The van der Waals surface area contributed by atoms with Gasteiger partial charge in [0.25, 0.3) is 15.1 Å². The molecule has 0 aliphatic carbocycles. The molecule has 0 bridgehead atoms. The standard InChI is InChI=1S/C31H32N4O7S/c1-20(2)17-25(33-31(39)42-24-12-10-22(11-13-24)21-7-4-3-5-8-21)29(37)34-16-14-26-28(34)27(36)19-35(26)43(40,41)30(38)23-9-6-15-32-18-23/h3-13,15,18,20,25-26,28H,14,16-17,19H2,1-2H3,(H,33,39). The van der Waals surface area contributed by atoms with Crippen molar-refractivity contribution in [2.24, 2.45) is 5.92 Å². The molecule has 3 aromatic rings. The quantitative estimate of drug-likeness (QED) is 0.413. The number of benzene rings is 2. The summed E-state index contributed by atoms with van der Waals surface area (Å²) in [5.74, 6) is -0.697. The van der Waals surface area contributed by atoms with Gasteiger partial charge in [0.15, 0.2) is 5.78 Å². The maximum atomic E-state index is 13.7. The highest BCUT2D eigenvalue weighted by Gasteiger charge is 2.55. The Labute approximate surface area is 249 Å². The van der Waals surface area contributed by atoms with E-state index < -0.39 is 57.6 Å². The first-order chi connectivity index (χ1) is 20.6. The van der Waals surface area contributed by atoms with Crippen LogP contribution < -0.4 is 10.1 Å². The number of carbonyl (C=O) groups excluding carboxylic acids is 4. The molecule has 2 fully saturated rings. The highest BCUT2D eigenvalue weighted by Crippen LogP contribution is 2.33. The van der Waals surface area contributed by atoms with E-state index in [0.29, 0.717) is 5.75 Å². The van der Waals surface area contributed by atoms with Gasteiger partial charge in [-0.25, -0.2) is 13.2 Å². The highest BCUT2D eigenvalue weighted by atomic mass is 32.2. The Morgan fingerprint density at radius 1 is 1.00 bits per heavy atom. The molecule has 12 heteroatoms. The van der Waals surface area contributed by atoms with Crippen molar-refractivity contribution in [1.82, 2.24) is 19.5 Å². The number of ether oxygens (including phenoxy) is 1. The second-order valence-electron chi connectivity index (χ2n) is 11.0. The van der Waals surface area contributed by atoms with Gasteiger partial charge in [0.05, 0.1) is 18.2 Å². The van der Waals surface area contributed by atoms with Crippen LogP contribution in [0.5, 0.6) is 5.75 Å². The number of hydrogen-bond donors (Lipinski definition) is 1. The normalized spacial score (nSPS) is 19.2. The van der Waals surface area contributed by atoms with Crippen LogP contribution in [0.1, 0.15) is 37.0 Å². The van der Waals surface area contributed by atoms with Crippen LogP contribution in [0, 0.1) is 5.92 Å². The van der Waals surface area contributed by atoms with E-state index in [0.717, 1.165) is 21.6 Å². The summed E-state index contributed by atoms with van der Waals surface area (Å²) in [7, 11) is -4.54. The van der Waals surface area contributed by atoms with Gasteiger partial charge in [-0.2, -0.15) is 4.31 Å². The second-order valence-corrected chi connectivity index (χ2v) is 12.8. The number of amides is 2. The zero-order valence-electron chi connectivity index (χ0n) is 23.8. The number of likely N-dealkylation sites (tertiary alicyclic amines) is 1. The number of pyridine rings is 1. The predicted octanol–water partition coefficient (Wildman–Crippen LogP) is 3.28. The van der Waals surface area contributed by atoms with E-state index >= 15 is 0 Å². The zero-order valence-corrected chi connectivity index (χ0v) is 24.6. The molecule has 2 aliphatic heterocycles. The van der Waals surface area contributed by atoms with E-state index in [1.54, 1.807) is 12.1 Å². The molecule has 2 saturated heterocycles. The van der Waals surface area contributed by atoms with Crippen molar-refractivity contribution in [3.05, 3.63) is 84.7 Å². The van der Waals surface area contributed by atoms with Gasteiger partial charge >= 0.3 is 6.09 Å². The Kier molecular flexibility index (Phi) is 8.69. The van der Waals surface area contributed by atoms with Crippen molar-refractivity contribution >= 4 is 32.9 Å². The Morgan fingerprint density at radius 2 is 1.70 bits per heavy atom. The molecule has 224 valence electrons. The Morgan fingerprint density at radius 3 is 2.35 bits per heavy atom. The number of nitrogens with one attached hydrogen (secondary N) is 1. The maximum absolute atomic E-state index is 13.7. The lowest BCUT2D eigenvalue weighted by atomic mass is 10.0. The van der Waals surface area contributed by atoms with Crippen LogP contribution in [0.4, 0.5) is 4.79 Å². The van der Waals surface area contributed by atoms with Crippen LogP contribution in [0.15, 0.2) is 79.1 Å². The molecule has 5 rings (SSSR count). The van der Waals surface area contributed by atoms with Gasteiger partial charge in [0, 0.05) is 18.9 Å². The zero-order chi connectivity index (χ0) is 30.7. The fourth-order valence-electron chi connectivity index (χ4n) is 5.60. The summed E-state index contributed by atoms with van der Waals surface area (Å²) in [6.07, 6.45) is 2.18. The number of carbonyl (C=O) groups is 4. The summed E-state index contributed by atoms with van der Waals surface area (Å²) in [6, 6.07) is 16.5. The lowest BCUT2D eigenvalue weighted by molar-refractivity contribution is -0.138. The topological polar surface area (TPSA) is 143 Å². The minimum Gasteiger partial charge on any atom is -0.410 e. The van der Waals surface area contributed by atoms with Gasteiger partial charge in [-0.3, -0.25) is 19.4 Å². The van der Waals surface area contributed by atoms with Crippen molar-refractivity contribution in [3.63, 3.8) is 0 Å². The van der Waals surface area contributed by atoms with Gasteiger partial charge in [0.1, 0.15) is 17.8 Å². The number of Topliss-reactive ketones (excluding diaryl/α,β-unsaturated/α-hetero) is 1. The molecule has 2 amide bonds. The second kappa shape index (κ2) is 12.4. The Balaban J connectivity index is 1.27. The summed E-state index contributed by atoms with van der Waals surface area (Å²) in [4.78, 5) is 57.6. The number of fused-ring (bicyclic) bond motifs is 1. The van der Waals surface area contributed by atoms with E-state index in [-0.39, 0.29) is 30.9 Å². The third kappa shape index (κ3) is 6.35. The van der Waals surface area contributed by atoms with E-state index in [2.05, 4.69) is 10.3 Å². The van der Waals surface area contributed by atoms with Crippen LogP contribution in [-0.2, 0) is 19.6 Å². The first-order valence-corrected chi connectivity index (χ1v) is 15.4. The lowest BCUT2D eigenvalue weighted by Crippen LogP contribution is -2.53. The van der Waals surface area contributed by atoms with Crippen molar-refractivity contribution in [3.8, 4) is 16.9 Å². The van der Waals surface area contributed by atoms with Gasteiger partial charge in [-0.1, -0.05) is 56.3 Å². The Hall–Kier alpha value is -4.42. The summed E-state index contributed by atoms with van der Waals surface area (Å²) in [6.45, 7) is 3.36. The lowest BCUT2D eigenvalue weighted by Gasteiger charge is -2.28. The molecule has 3 heterocycles. The average Bonchev–Trinajstić information content (AvgIpc) is 3.58. The summed E-state index contributed by atoms with van der Waals surface area (Å²) in [5, 5.41) is 1.48. The smallest absolute Gasteiger partial charge is 0.410 e. The van der Waals surface area contributed by atoms with Crippen LogP contribution in [0.2, 0.25) is 0 Å². The molecule has 3 unspecified atom stereocenters. The SMILES string of the molecule is CC(C)CC(NC(=O)Oc1ccc(-c2ccccc2)cc1)C(=O)N1CCC2C1C(=O)CN2S(=O)(=O)C(=O)c1cccnc1. The van der Waals surface area contributed by atoms with E-state index in [1.807, 2.05) is 56.3 Å². The molecule has 1 N–H and O–H groups in total. The molecule has 0 radical (unpaired) electrons. The van der Waals surface area contributed by atoms with Gasteiger partial charge < -0.3 is 15.0 Å². The minimum atomic E-state index is -4.54. The van der Waals surface area contributed by atoms with Gasteiger partial charge in [-0.05, 0) is 54.2 Å². The molecule has 2 aromatic carbocycles. The van der Waals surface area contributed by atoms with Crippen molar-refractivity contribution in [1.29, 1.82) is 0 Å². The maximum Gasteiger partial charge on any atom is 0.413 e. The first kappa shape index (κ1) is 30.1. The number of rotatable bonds is 8. The first-order valence-electron chi connectivity index (χ1n) is 14.0. The van der Waals surface area contributed by atoms with Crippen LogP contribution >= 0.6 is 0 Å². The summed E-state index contributed by atoms with van der Waals surface area (Å²) >= 11 is 0. The number of nitrogens with zero attached hydrogens (tertiary/aromatic N) is 3. The number of sulfonamides is 1. The number of hydrogen-bond acceptors (Lipinski definition) is 8. The Bertz CT molecular complexity index is 1610. The van der Waals surface area contributed by atoms with Crippen LogP contribution in [-0.4, -0.2) is 76.7 Å². The van der Waals surface area contributed by atoms with Crippen LogP contribution in [0.3, 0.4) is 0 Å². The largest absolute Gasteiger partial charge is 0.413 e. The molecule has 43 heavy (non-hydrogen) atoms. The predicted molar refractivity (Wildman–Crippen MR) is 157 cm³/mol. The molecule has 0 saturated carbocycles. The van der Waals surface area contributed by atoms with Crippen molar-refractivity contribution in [2.45, 2.75) is 44.8 Å². The van der Waals surface area contributed by atoms with E-state index in [9.17, 15) is 27.6 Å². The van der Waals surface area contributed by atoms with E-state index in [4.69, 9.17) is 4.74 Å². The number of ketones is 1.